The third-order valence-electron chi connectivity index (χ3n) is 9.13. The van der Waals surface area contributed by atoms with Gasteiger partial charge in [-0.25, -0.2) is 0 Å². The fourth-order valence-electron chi connectivity index (χ4n) is 6.11. The molecule has 4 nitrogen and oxygen atoms in total. The average Bonchev–Trinajstić information content (AvgIpc) is 2.98. The van der Waals surface area contributed by atoms with E-state index < -0.39 is 18.3 Å². The Morgan fingerprint density at radius 3 is 1.05 bits per heavy atom. The van der Waals surface area contributed by atoms with Gasteiger partial charge in [-0.15, -0.1) is 0 Å². The summed E-state index contributed by atoms with van der Waals surface area (Å²) in [5.74, 6) is -0.289. The molecule has 0 heterocycles. The topological polar surface area (TPSA) is 77.8 Å². The van der Waals surface area contributed by atoms with Crippen molar-refractivity contribution in [3.05, 3.63) is 0 Å². The molecule has 0 rings (SSSR count). The molecular weight excluding hydrogens is 508 g/mol. The van der Waals surface area contributed by atoms with Gasteiger partial charge in [-0.1, -0.05) is 194 Å². The molecular formula is C37H74O4. The van der Waals surface area contributed by atoms with E-state index in [1.165, 1.54) is 148 Å². The first-order valence-corrected chi connectivity index (χ1v) is 18.6. The van der Waals surface area contributed by atoms with Crippen molar-refractivity contribution >= 4 is 5.78 Å². The number of aliphatic hydroxyl groups excluding tert-OH is 2. The molecule has 0 bridgehead atoms. The second kappa shape index (κ2) is 31.0. The van der Waals surface area contributed by atoms with Gasteiger partial charge in [-0.05, 0) is 12.8 Å². The molecule has 0 fully saturated rings. The Bertz CT molecular complexity index is 537. The van der Waals surface area contributed by atoms with Crippen molar-refractivity contribution in [1.82, 2.24) is 0 Å². The SMILES string of the molecule is CCCCCCCCCCCCCCCCCCC(O)(C(=O)CCCCCCCCCCCCCCC)C(O)CO. The van der Waals surface area contributed by atoms with E-state index in [1.54, 1.807) is 0 Å². The average molecular weight is 583 g/mol. The first-order valence-electron chi connectivity index (χ1n) is 18.6. The number of Topliss-reactive ketones (excluding diaryl/α,β-unsaturated/α-hetero) is 1. The minimum absolute atomic E-state index is 0.254. The van der Waals surface area contributed by atoms with Gasteiger partial charge in [0.25, 0.3) is 0 Å². The fraction of sp³-hybridized carbons (Fsp3) is 0.973. The molecule has 0 aromatic rings. The van der Waals surface area contributed by atoms with Crippen molar-refractivity contribution in [2.75, 3.05) is 6.61 Å². The summed E-state index contributed by atoms with van der Waals surface area (Å²) in [4.78, 5) is 12.8. The van der Waals surface area contributed by atoms with Gasteiger partial charge in [-0.2, -0.15) is 0 Å². The molecule has 0 aliphatic rings. The number of carbonyl (C=O) groups is 1. The molecule has 246 valence electrons. The van der Waals surface area contributed by atoms with Crippen LogP contribution in [0.3, 0.4) is 0 Å². The Kier molecular flexibility index (Phi) is 30.6. The number of rotatable bonds is 34. The standard InChI is InChI=1S/C37H74O4/c1-3-5-7-9-11-13-15-17-18-19-21-23-25-27-29-31-33-37(41,36(40)34-38)35(39)32-30-28-26-24-22-20-16-14-12-10-8-6-4-2/h36,38,40-41H,3-34H2,1-2H3. The molecule has 0 aliphatic heterocycles. The quantitative estimate of drug-likeness (QED) is 0.0659. The van der Waals surface area contributed by atoms with E-state index in [2.05, 4.69) is 13.8 Å². The smallest absolute Gasteiger partial charge is 0.167 e. The van der Waals surface area contributed by atoms with Crippen molar-refractivity contribution in [3.8, 4) is 0 Å². The third kappa shape index (κ3) is 24.7. The monoisotopic (exact) mass is 583 g/mol. The van der Waals surface area contributed by atoms with Crippen LogP contribution in [0.1, 0.15) is 213 Å². The van der Waals surface area contributed by atoms with Gasteiger partial charge in [0.1, 0.15) is 6.10 Å². The van der Waals surface area contributed by atoms with Crippen LogP contribution in [0.2, 0.25) is 0 Å². The van der Waals surface area contributed by atoms with Gasteiger partial charge >= 0.3 is 0 Å². The summed E-state index contributed by atoms with van der Waals surface area (Å²) >= 11 is 0. The van der Waals surface area contributed by atoms with Crippen LogP contribution in [0.25, 0.3) is 0 Å². The molecule has 0 saturated heterocycles. The van der Waals surface area contributed by atoms with E-state index in [4.69, 9.17) is 0 Å². The van der Waals surface area contributed by atoms with Gasteiger partial charge in [0.15, 0.2) is 11.4 Å². The molecule has 2 unspecified atom stereocenters. The Morgan fingerprint density at radius 2 is 0.756 bits per heavy atom. The summed E-state index contributed by atoms with van der Waals surface area (Å²) in [5, 5.41) is 30.7. The van der Waals surface area contributed by atoms with E-state index >= 15 is 0 Å². The van der Waals surface area contributed by atoms with Crippen molar-refractivity contribution in [2.24, 2.45) is 0 Å². The fourth-order valence-corrected chi connectivity index (χ4v) is 6.11. The highest BCUT2D eigenvalue weighted by atomic mass is 16.4. The van der Waals surface area contributed by atoms with E-state index in [1.807, 2.05) is 0 Å². The molecule has 0 aliphatic carbocycles. The summed E-state index contributed by atoms with van der Waals surface area (Å²) in [6.45, 7) is 3.96. The zero-order chi connectivity index (χ0) is 30.3. The number of ketones is 1. The molecule has 4 heteroatoms. The highest BCUT2D eigenvalue weighted by Gasteiger charge is 2.41. The van der Waals surface area contributed by atoms with E-state index in [0.29, 0.717) is 6.42 Å². The molecule has 0 amide bonds. The van der Waals surface area contributed by atoms with Crippen LogP contribution in [0.5, 0.6) is 0 Å². The molecule has 41 heavy (non-hydrogen) atoms. The zero-order valence-electron chi connectivity index (χ0n) is 28.0. The van der Waals surface area contributed by atoms with Crippen LogP contribution in [-0.2, 0) is 4.79 Å². The highest BCUT2D eigenvalue weighted by molar-refractivity contribution is 5.87. The number of aliphatic hydroxyl groups is 3. The third-order valence-corrected chi connectivity index (χ3v) is 9.13. The number of unbranched alkanes of at least 4 members (excludes halogenated alkanes) is 27. The van der Waals surface area contributed by atoms with E-state index in [9.17, 15) is 20.1 Å². The Balaban J connectivity index is 3.79. The van der Waals surface area contributed by atoms with E-state index in [0.717, 1.165) is 38.5 Å². The Hall–Kier alpha value is -0.450. The molecule has 2 atom stereocenters. The maximum absolute atomic E-state index is 12.8. The lowest BCUT2D eigenvalue weighted by Gasteiger charge is -2.31. The van der Waals surface area contributed by atoms with Gasteiger partial charge in [0, 0.05) is 6.42 Å². The van der Waals surface area contributed by atoms with Crippen LogP contribution in [-0.4, -0.2) is 39.4 Å². The van der Waals surface area contributed by atoms with Crippen molar-refractivity contribution < 1.29 is 20.1 Å². The first-order chi connectivity index (χ1) is 20.0. The maximum Gasteiger partial charge on any atom is 0.167 e. The second-order valence-electron chi connectivity index (χ2n) is 13.1. The lowest BCUT2D eigenvalue weighted by Crippen LogP contribution is -2.51. The summed E-state index contributed by atoms with van der Waals surface area (Å²) < 4.78 is 0. The summed E-state index contributed by atoms with van der Waals surface area (Å²) in [7, 11) is 0. The number of carbonyl (C=O) groups excluding carboxylic acids is 1. The Labute approximate surface area is 256 Å². The van der Waals surface area contributed by atoms with Crippen LogP contribution in [0.4, 0.5) is 0 Å². The Morgan fingerprint density at radius 1 is 0.488 bits per heavy atom. The largest absolute Gasteiger partial charge is 0.394 e. The van der Waals surface area contributed by atoms with Crippen molar-refractivity contribution in [3.63, 3.8) is 0 Å². The van der Waals surface area contributed by atoms with Crippen molar-refractivity contribution in [2.45, 2.75) is 225 Å². The van der Waals surface area contributed by atoms with Gasteiger partial charge in [0.2, 0.25) is 0 Å². The molecule has 3 N–H and O–H groups in total. The number of hydrogen-bond donors (Lipinski definition) is 3. The van der Waals surface area contributed by atoms with Gasteiger partial charge in [-0.3, -0.25) is 4.79 Å². The molecule has 0 aromatic carbocycles. The van der Waals surface area contributed by atoms with Gasteiger partial charge < -0.3 is 15.3 Å². The minimum atomic E-state index is -1.79. The summed E-state index contributed by atoms with van der Waals surface area (Å²) in [5.41, 5.74) is -1.79. The lowest BCUT2D eigenvalue weighted by atomic mass is 9.84. The summed E-state index contributed by atoms with van der Waals surface area (Å²) in [6.07, 6.45) is 35.8. The molecule has 0 spiro atoms. The molecule has 0 radical (unpaired) electrons. The normalized spacial score (nSPS) is 13.9. The lowest BCUT2D eigenvalue weighted by molar-refractivity contribution is -0.156. The predicted molar refractivity (Wildman–Crippen MR) is 178 cm³/mol. The van der Waals surface area contributed by atoms with Crippen molar-refractivity contribution in [1.29, 1.82) is 0 Å². The van der Waals surface area contributed by atoms with E-state index in [-0.39, 0.29) is 12.2 Å². The maximum atomic E-state index is 12.8. The molecule has 0 aromatic heterocycles. The van der Waals surface area contributed by atoms with Crippen LogP contribution in [0, 0.1) is 0 Å². The first kappa shape index (κ1) is 40.5. The van der Waals surface area contributed by atoms with Crippen LogP contribution < -0.4 is 0 Å². The van der Waals surface area contributed by atoms with Crippen LogP contribution >= 0.6 is 0 Å². The van der Waals surface area contributed by atoms with Gasteiger partial charge in [0.05, 0.1) is 6.61 Å². The molecule has 0 saturated carbocycles. The minimum Gasteiger partial charge on any atom is -0.394 e. The van der Waals surface area contributed by atoms with Crippen LogP contribution in [0.15, 0.2) is 0 Å². The summed E-state index contributed by atoms with van der Waals surface area (Å²) in [6, 6.07) is 0. The number of hydrogen-bond acceptors (Lipinski definition) is 4. The predicted octanol–water partition coefficient (Wildman–Crippen LogP) is 10.8. The zero-order valence-corrected chi connectivity index (χ0v) is 28.0. The second-order valence-corrected chi connectivity index (χ2v) is 13.1. The highest BCUT2D eigenvalue weighted by Crippen LogP contribution is 2.25.